The van der Waals surface area contributed by atoms with Crippen molar-refractivity contribution >= 4 is 17.4 Å². The van der Waals surface area contributed by atoms with Gasteiger partial charge in [-0.3, -0.25) is 0 Å². The molecule has 0 unspecified atom stereocenters. The van der Waals surface area contributed by atoms with Crippen molar-refractivity contribution in [3.05, 3.63) is 17.5 Å². The number of halogens is 1. The summed E-state index contributed by atoms with van der Waals surface area (Å²) in [6.45, 7) is 2.23. The molecule has 1 N–H and O–H groups in total. The van der Waals surface area contributed by atoms with Crippen LogP contribution in [0.2, 0.25) is 5.15 Å². The van der Waals surface area contributed by atoms with E-state index in [1.54, 1.807) is 12.4 Å². The third kappa shape index (κ3) is 2.15. The number of nitrogens with zero attached hydrogens (tertiary/aromatic N) is 2. The normalized spacial score (nSPS) is 19.6. The molecule has 1 fully saturated rings. The minimum Gasteiger partial charge on any atom is -0.364 e. The van der Waals surface area contributed by atoms with Gasteiger partial charge in [0.15, 0.2) is 0 Å². The molecule has 0 spiro atoms. The Hall–Kier alpha value is -0.830. The molecule has 1 saturated carbocycles. The third-order valence-corrected chi connectivity index (χ3v) is 2.95. The van der Waals surface area contributed by atoms with Crippen molar-refractivity contribution in [2.75, 3.05) is 5.32 Å². The molecule has 76 valence electrons. The molecule has 1 aliphatic carbocycles. The number of rotatable bonds is 2. The van der Waals surface area contributed by atoms with E-state index >= 15 is 0 Å². The lowest BCUT2D eigenvalue weighted by atomic mass is 10.0. The number of aromatic nitrogens is 2. The Labute approximate surface area is 88.9 Å². The second-order valence-corrected chi connectivity index (χ2v) is 4.50. The molecule has 14 heavy (non-hydrogen) atoms. The molecule has 3 nitrogen and oxygen atoms in total. The van der Waals surface area contributed by atoms with Gasteiger partial charge in [-0.25, -0.2) is 9.97 Å². The van der Waals surface area contributed by atoms with Crippen LogP contribution in [0.3, 0.4) is 0 Å². The van der Waals surface area contributed by atoms with Crippen molar-refractivity contribution in [3.8, 4) is 0 Å². The van der Waals surface area contributed by atoms with Gasteiger partial charge in [0.2, 0.25) is 0 Å². The first kappa shape index (κ1) is 9.71. The van der Waals surface area contributed by atoms with E-state index in [0.29, 0.717) is 5.15 Å². The van der Waals surface area contributed by atoms with Crippen LogP contribution in [-0.4, -0.2) is 15.5 Å². The lowest BCUT2D eigenvalue weighted by molar-refractivity contribution is 0.530. The molecule has 0 radical (unpaired) electrons. The SMILES string of the molecule is CC1(Nc2cnc(Cl)cn2)CCCC1. The van der Waals surface area contributed by atoms with Gasteiger partial charge in [0.05, 0.1) is 12.4 Å². The van der Waals surface area contributed by atoms with Gasteiger partial charge in [-0.15, -0.1) is 0 Å². The second-order valence-electron chi connectivity index (χ2n) is 4.12. The molecule has 1 heterocycles. The van der Waals surface area contributed by atoms with Crippen LogP contribution in [0.5, 0.6) is 0 Å². The maximum atomic E-state index is 5.66. The maximum absolute atomic E-state index is 5.66. The highest BCUT2D eigenvalue weighted by atomic mass is 35.5. The van der Waals surface area contributed by atoms with Crippen LogP contribution in [0.4, 0.5) is 5.82 Å². The van der Waals surface area contributed by atoms with Crippen LogP contribution in [-0.2, 0) is 0 Å². The number of anilines is 1. The van der Waals surface area contributed by atoms with Crippen molar-refractivity contribution in [1.29, 1.82) is 0 Å². The molecular weight excluding hydrogens is 198 g/mol. The van der Waals surface area contributed by atoms with Gasteiger partial charge < -0.3 is 5.32 Å². The average Bonchev–Trinajstić information content (AvgIpc) is 2.57. The van der Waals surface area contributed by atoms with E-state index in [2.05, 4.69) is 22.2 Å². The summed E-state index contributed by atoms with van der Waals surface area (Å²) < 4.78 is 0. The fourth-order valence-electron chi connectivity index (χ4n) is 1.97. The van der Waals surface area contributed by atoms with Crippen molar-refractivity contribution in [1.82, 2.24) is 9.97 Å². The molecule has 1 aliphatic rings. The Morgan fingerprint density at radius 1 is 1.29 bits per heavy atom. The van der Waals surface area contributed by atoms with Crippen LogP contribution in [0.25, 0.3) is 0 Å². The number of hydrogen-bond acceptors (Lipinski definition) is 3. The molecule has 0 atom stereocenters. The molecule has 0 aliphatic heterocycles. The molecule has 0 saturated heterocycles. The average molecular weight is 212 g/mol. The largest absolute Gasteiger partial charge is 0.364 e. The Bertz CT molecular complexity index is 304. The predicted octanol–water partition coefficient (Wildman–Crippen LogP) is 2.87. The summed E-state index contributed by atoms with van der Waals surface area (Å²) in [4.78, 5) is 8.17. The van der Waals surface area contributed by atoms with Gasteiger partial charge in [0, 0.05) is 5.54 Å². The highest BCUT2D eigenvalue weighted by molar-refractivity contribution is 6.29. The first-order chi connectivity index (χ1) is 6.68. The summed E-state index contributed by atoms with van der Waals surface area (Å²) in [6.07, 6.45) is 8.26. The standard InChI is InChI=1S/C10H14ClN3/c1-10(4-2-3-5-10)14-9-7-12-8(11)6-13-9/h6-7H,2-5H2,1H3,(H,13,14). The van der Waals surface area contributed by atoms with Gasteiger partial charge in [-0.05, 0) is 19.8 Å². The van der Waals surface area contributed by atoms with E-state index in [1.165, 1.54) is 25.7 Å². The van der Waals surface area contributed by atoms with Crippen molar-refractivity contribution in [2.45, 2.75) is 38.1 Å². The van der Waals surface area contributed by atoms with Crippen LogP contribution in [0.1, 0.15) is 32.6 Å². The summed E-state index contributed by atoms with van der Waals surface area (Å²) in [5.74, 6) is 0.818. The molecule has 0 aromatic carbocycles. The summed E-state index contributed by atoms with van der Waals surface area (Å²) >= 11 is 5.66. The summed E-state index contributed by atoms with van der Waals surface area (Å²) in [5.41, 5.74) is 0.197. The minimum atomic E-state index is 0.197. The van der Waals surface area contributed by atoms with Crippen molar-refractivity contribution in [3.63, 3.8) is 0 Å². The fourth-order valence-corrected chi connectivity index (χ4v) is 2.06. The first-order valence-electron chi connectivity index (χ1n) is 4.94. The Morgan fingerprint density at radius 2 is 2.00 bits per heavy atom. The maximum Gasteiger partial charge on any atom is 0.147 e. The van der Waals surface area contributed by atoms with Crippen LogP contribution in [0.15, 0.2) is 12.4 Å². The van der Waals surface area contributed by atoms with Crippen LogP contribution < -0.4 is 5.32 Å². The first-order valence-corrected chi connectivity index (χ1v) is 5.32. The van der Waals surface area contributed by atoms with Gasteiger partial charge in [-0.2, -0.15) is 0 Å². The zero-order valence-corrected chi connectivity index (χ0v) is 9.01. The predicted molar refractivity (Wildman–Crippen MR) is 57.5 cm³/mol. The lowest BCUT2D eigenvalue weighted by Gasteiger charge is -2.25. The second kappa shape index (κ2) is 3.73. The van der Waals surface area contributed by atoms with Crippen LogP contribution >= 0.6 is 11.6 Å². The van der Waals surface area contributed by atoms with Crippen LogP contribution in [0, 0.1) is 0 Å². The molecular formula is C10H14ClN3. The summed E-state index contributed by atoms with van der Waals surface area (Å²) in [6, 6.07) is 0. The lowest BCUT2D eigenvalue weighted by Crippen LogP contribution is -2.31. The zero-order chi connectivity index (χ0) is 10.0. The van der Waals surface area contributed by atoms with E-state index in [0.717, 1.165) is 5.82 Å². The third-order valence-electron chi connectivity index (χ3n) is 2.76. The van der Waals surface area contributed by atoms with E-state index in [4.69, 9.17) is 11.6 Å². The molecule has 2 rings (SSSR count). The van der Waals surface area contributed by atoms with E-state index in [9.17, 15) is 0 Å². The fraction of sp³-hybridized carbons (Fsp3) is 0.600. The topological polar surface area (TPSA) is 37.8 Å². The minimum absolute atomic E-state index is 0.197. The quantitative estimate of drug-likeness (QED) is 0.818. The summed E-state index contributed by atoms with van der Waals surface area (Å²) in [5, 5.41) is 3.85. The van der Waals surface area contributed by atoms with Crippen molar-refractivity contribution < 1.29 is 0 Å². The van der Waals surface area contributed by atoms with Gasteiger partial charge in [-0.1, -0.05) is 24.4 Å². The Balaban J connectivity index is 2.06. The molecule has 4 heteroatoms. The Morgan fingerprint density at radius 3 is 2.57 bits per heavy atom. The van der Waals surface area contributed by atoms with Crippen molar-refractivity contribution in [2.24, 2.45) is 0 Å². The monoisotopic (exact) mass is 211 g/mol. The van der Waals surface area contributed by atoms with E-state index < -0.39 is 0 Å². The molecule has 0 amide bonds. The Kier molecular flexibility index (Phi) is 2.59. The molecule has 1 aromatic rings. The molecule has 0 bridgehead atoms. The van der Waals surface area contributed by atoms with Gasteiger partial charge >= 0.3 is 0 Å². The highest BCUT2D eigenvalue weighted by Gasteiger charge is 2.28. The highest BCUT2D eigenvalue weighted by Crippen LogP contribution is 2.31. The smallest absolute Gasteiger partial charge is 0.147 e. The van der Waals surface area contributed by atoms with Gasteiger partial charge in [0.1, 0.15) is 11.0 Å². The van der Waals surface area contributed by atoms with E-state index in [-0.39, 0.29) is 5.54 Å². The molecule has 1 aromatic heterocycles. The van der Waals surface area contributed by atoms with Gasteiger partial charge in [0.25, 0.3) is 0 Å². The number of nitrogens with one attached hydrogen (secondary N) is 1. The van der Waals surface area contributed by atoms with E-state index in [1.807, 2.05) is 0 Å². The summed E-state index contributed by atoms with van der Waals surface area (Å²) in [7, 11) is 0. The zero-order valence-electron chi connectivity index (χ0n) is 8.26. The number of hydrogen-bond donors (Lipinski definition) is 1.